The second-order valence-corrected chi connectivity index (χ2v) is 2.62. The first kappa shape index (κ1) is 6.53. The second-order valence-electron chi connectivity index (χ2n) is 2.62. The molecule has 0 aromatic carbocycles. The molecule has 0 fully saturated rings. The number of Topliss-reactive ketones (excluding diaryl/α,β-unsaturated/α-hetero) is 1. The van der Waals surface area contributed by atoms with Crippen molar-refractivity contribution >= 4 is 5.78 Å². The lowest BCUT2D eigenvalue weighted by molar-refractivity contribution is -0.114. The number of rotatable bonds is 2. The Morgan fingerprint density at radius 3 is 2.78 bits per heavy atom. The minimum absolute atomic E-state index is 0.250. The number of hydrogen-bond acceptors (Lipinski definition) is 1. The van der Waals surface area contributed by atoms with Crippen molar-refractivity contribution in [1.82, 2.24) is 0 Å². The maximum absolute atomic E-state index is 10.6. The summed E-state index contributed by atoms with van der Waals surface area (Å²) in [5, 5.41) is 0. The van der Waals surface area contributed by atoms with E-state index in [1.807, 2.05) is 0 Å². The summed E-state index contributed by atoms with van der Waals surface area (Å²) in [6, 6.07) is 0. The summed E-state index contributed by atoms with van der Waals surface area (Å²) in [5.74, 6) is 0.948. The average Bonchev–Trinajstić information content (AvgIpc) is 1.61. The molecule has 1 aliphatic carbocycles. The van der Waals surface area contributed by atoms with E-state index in [0.717, 1.165) is 12.0 Å². The first-order chi connectivity index (χ1) is 4.24. The van der Waals surface area contributed by atoms with Gasteiger partial charge in [-0.3, -0.25) is 4.79 Å². The summed E-state index contributed by atoms with van der Waals surface area (Å²) in [6.07, 6.45) is 4.28. The largest absolute Gasteiger partial charge is 0.295 e. The molecule has 1 nitrogen and oxygen atoms in total. The van der Waals surface area contributed by atoms with Gasteiger partial charge in [0.25, 0.3) is 0 Å². The molecule has 0 aromatic heterocycles. The molecule has 1 aliphatic rings. The maximum atomic E-state index is 10.6. The number of carbonyl (C=O) groups is 1. The van der Waals surface area contributed by atoms with E-state index in [-0.39, 0.29) is 5.78 Å². The van der Waals surface area contributed by atoms with Crippen LogP contribution in [0.3, 0.4) is 0 Å². The van der Waals surface area contributed by atoms with Gasteiger partial charge in [-0.15, -0.1) is 0 Å². The standard InChI is InChI=1S/C8H12O/c1-3-7-4-8(5-7)6(2)9/h4,7H,3,5H2,1-2H3. The lowest BCUT2D eigenvalue weighted by atomic mass is 9.83. The topological polar surface area (TPSA) is 17.1 Å². The zero-order valence-electron chi connectivity index (χ0n) is 5.98. The van der Waals surface area contributed by atoms with Crippen LogP contribution in [0.25, 0.3) is 0 Å². The molecule has 0 aliphatic heterocycles. The van der Waals surface area contributed by atoms with Gasteiger partial charge in [0, 0.05) is 0 Å². The highest BCUT2D eigenvalue weighted by molar-refractivity contribution is 5.94. The molecule has 0 saturated carbocycles. The van der Waals surface area contributed by atoms with Crippen LogP contribution in [0.4, 0.5) is 0 Å². The van der Waals surface area contributed by atoms with Crippen LogP contribution in [0.15, 0.2) is 11.6 Å². The molecule has 0 heterocycles. The minimum atomic E-state index is 0.250. The molecule has 0 spiro atoms. The van der Waals surface area contributed by atoms with Gasteiger partial charge < -0.3 is 0 Å². The van der Waals surface area contributed by atoms with Gasteiger partial charge in [0.15, 0.2) is 5.78 Å². The van der Waals surface area contributed by atoms with Crippen molar-refractivity contribution in [3.05, 3.63) is 11.6 Å². The summed E-state index contributed by atoms with van der Waals surface area (Å²) >= 11 is 0. The number of ketones is 1. The van der Waals surface area contributed by atoms with E-state index < -0.39 is 0 Å². The smallest absolute Gasteiger partial charge is 0.155 e. The molecule has 1 rings (SSSR count). The molecule has 0 amide bonds. The van der Waals surface area contributed by atoms with Gasteiger partial charge in [0.05, 0.1) is 0 Å². The van der Waals surface area contributed by atoms with Crippen LogP contribution in [0.1, 0.15) is 26.7 Å². The van der Waals surface area contributed by atoms with E-state index in [2.05, 4.69) is 13.0 Å². The van der Waals surface area contributed by atoms with Crippen molar-refractivity contribution in [2.75, 3.05) is 0 Å². The molecule has 0 radical (unpaired) electrons. The molecule has 50 valence electrons. The SMILES string of the molecule is CCC1C=C(C(C)=O)C1. The fourth-order valence-corrected chi connectivity index (χ4v) is 1.06. The van der Waals surface area contributed by atoms with Gasteiger partial charge in [-0.25, -0.2) is 0 Å². The van der Waals surface area contributed by atoms with Crippen LogP contribution < -0.4 is 0 Å². The Morgan fingerprint density at radius 2 is 2.44 bits per heavy atom. The van der Waals surface area contributed by atoms with E-state index in [9.17, 15) is 4.79 Å². The van der Waals surface area contributed by atoms with Gasteiger partial charge >= 0.3 is 0 Å². The Bertz CT molecular complexity index is 156. The van der Waals surface area contributed by atoms with E-state index in [4.69, 9.17) is 0 Å². The molecule has 1 atom stereocenters. The van der Waals surface area contributed by atoms with Gasteiger partial charge in [0.2, 0.25) is 0 Å². The molecule has 1 heteroatoms. The zero-order valence-corrected chi connectivity index (χ0v) is 5.98. The predicted octanol–water partition coefficient (Wildman–Crippen LogP) is 1.93. The summed E-state index contributed by atoms with van der Waals surface area (Å²) < 4.78 is 0. The van der Waals surface area contributed by atoms with Crippen molar-refractivity contribution in [3.63, 3.8) is 0 Å². The van der Waals surface area contributed by atoms with E-state index in [1.165, 1.54) is 6.42 Å². The molecule has 1 unspecified atom stereocenters. The molecular formula is C8H12O. The fraction of sp³-hybridized carbons (Fsp3) is 0.625. The summed E-state index contributed by atoms with van der Waals surface area (Å²) in [6.45, 7) is 3.79. The fourth-order valence-electron chi connectivity index (χ4n) is 1.06. The normalized spacial score (nSPS) is 24.7. The number of hydrogen-bond donors (Lipinski definition) is 0. The van der Waals surface area contributed by atoms with Crippen LogP contribution in [0.2, 0.25) is 0 Å². The monoisotopic (exact) mass is 124 g/mol. The Kier molecular flexibility index (Phi) is 1.70. The van der Waals surface area contributed by atoms with Crippen LogP contribution >= 0.6 is 0 Å². The summed E-state index contributed by atoms with van der Waals surface area (Å²) in [7, 11) is 0. The Balaban J connectivity index is 2.44. The quantitative estimate of drug-likeness (QED) is 0.549. The lowest BCUT2D eigenvalue weighted by Crippen LogP contribution is -2.13. The van der Waals surface area contributed by atoms with E-state index in [1.54, 1.807) is 6.92 Å². The highest BCUT2D eigenvalue weighted by Gasteiger charge is 2.19. The first-order valence-electron chi connectivity index (χ1n) is 3.45. The number of allylic oxidation sites excluding steroid dienone is 2. The van der Waals surface area contributed by atoms with Crippen molar-refractivity contribution < 1.29 is 4.79 Å². The maximum Gasteiger partial charge on any atom is 0.155 e. The lowest BCUT2D eigenvalue weighted by Gasteiger charge is -2.21. The highest BCUT2D eigenvalue weighted by Crippen LogP contribution is 2.28. The third-order valence-corrected chi connectivity index (χ3v) is 1.90. The van der Waals surface area contributed by atoms with E-state index in [0.29, 0.717) is 5.92 Å². The van der Waals surface area contributed by atoms with Crippen LogP contribution in [0.5, 0.6) is 0 Å². The van der Waals surface area contributed by atoms with Crippen molar-refractivity contribution in [3.8, 4) is 0 Å². The summed E-state index contributed by atoms with van der Waals surface area (Å²) in [4.78, 5) is 10.6. The molecule has 0 N–H and O–H groups in total. The van der Waals surface area contributed by atoms with Crippen molar-refractivity contribution in [2.45, 2.75) is 26.7 Å². The molecule has 0 saturated heterocycles. The van der Waals surface area contributed by atoms with Gasteiger partial charge in [-0.2, -0.15) is 0 Å². The van der Waals surface area contributed by atoms with Crippen LogP contribution in [0, 0.1) is 5.92 Å². The third-order valence-electron chi connectivity index (χ3n) is 1.90. The van der Waals surface area contributed by atoms with Gasteiger partial charge in [-0.05, 0) is 31.3 Å². The Hall–Kier alpha value is -0.590. The average molecular weight is 124 g/mol. The highest BCUT2D eigenvalue weighted by atomic mass is 16.1. The first-order valence-corrected chi connectivity index (χ1v) is 3.45. The van der Waals surface area contributed by atoms with Crippen molar-refractivity contribution in [1.29, 1.82) is 0 Å². The Labute approximate surface area is 55.8 Å². The molecular weight excluding hydrogens is 112 g/mol. The molecule has 0 aromatic rings. The zero-order chi connectivity index (χ0) is 6.85. The predicted molar refractivity (Wildman–Crippen MR) is 37.2 cm³/mol. The van der Waals surface area contributed by atoms with Crippen molar-refractivity contribution in [2.24, 2.45) is 5.92 Å². The second kappa shape index (κ2) is 2.34. The van der Waals surface area contributed by atoms with Gasteiger partial charge in [0.1, 0.15) is 0 Å². The molecule has 9 heavy (non-hydrogen) atoms. The molecule has 0 bridgehead atoms. The third kappa shape index (κ3) is 1.21. The Morgan fingerprint density at radius 1 is 1.89 bits per heavy atom. The minimum Gasteiger partial charge on any atom is -0.295 e. The van der Waals surface area contributed by atoms with Gasteiger partial charge in [-0.1, -0.05) is 13.0 Å². The number of carbonyl (C=O) groups excluding carboxylic acids is 1. The summed E-state index contributed by atoms with van der Waals surface area (Å²) in [5.41, 5.74) is 1.03. The van der Waals surface area contributed by atoms with Crippen LogP contribution in [-0.2, 0) is 4.79 Å². The van der Waals surface area contributed by atoms with E-state index >= 15 is 0 Å². The van der Waals surface area contributed by atoms with Crippen LogP contribution in [-0.4, -0.2) is 5.78 Å².